The number of aryl methyl sites for hydroxylation is 1. The van der Waals surface area contributed by atoms with Crippen LogP contribution in [0.5, 0.6) is 0 Å². The Morgan fingerprint density at radius 1 is 1.08 bits per heavy atom. The number of carbonyl (C=O) groups excluding carboxylic acids is 1. The highest BCUT2D eigenvalue weighted by Gasteiger charge is 2.15. The van der Waals surface area contributed by atoms with Gasteiger partial charge in [0.1, 0.15) is 0 Å². The lowest BCUT2D eigenvalue weighted by Gasteiger charge is -2.10. The van der Waals surface area contributed by atoms with E-state index >= 15 is 0 Å². The van der Waals surface area contributed by atoms with Crippen LogP contribution in [0.15, 0.2) is 59.8 Å². The van der Waals surface area contributed by atoms with Crippen molar-refractivity contribution in [1.29, 1.82) is 0 Å². The van der Waals surface area contributed by atoms with Crippen molar-refractivity contribution in [2.24, 2.45) is 5.73 Å². The lowest BCUT2D eigenvalue weighted by Crippen LogP contribution is -2.14. The van der Waals surface area contributed by atoms with Crippen LogP contribution in [-0.4, -0.2) is 26.4 Å². The van der Waals surface area contributed by atoms with Crippen molar-refractivity contribution in [3.05, 3.63) is 65.7 Å². The van der Waals surface area contributed by atoms with Gasteiger partial charge in [-0.05, 0) is 12.5 Å². The molecule has 1 aromatic heterocycles. The predicted molar refractivity (Wildman–Crippen MR) is 95.7 cm³/mol. The number of nitrogens with zero attached hydrogens (tertiary/aromatic N) is 3. The molecule has 0 unspecified atom stereocenters. The third-order valence-electron chi connectivity index (χ3n) is 3.55. The van der Waals surface area contributed by atoms with Crippen LogP contribution < -0.4 is 5.73 Å². The molecule has 0 bridgehead atoms. The smallest absolute Gasteiger partial charge is 0.227 e. The molecule has 3 rings (SSSR count). The van der Waals surface area contributed by atoms with E-state index in [0.717, 1.165) is 17.0 Å². The summed E-state index contributed by atoms with van der Waals surface area (Å²) in [5, 5.41) is 9.27. The van der Waals surface area contributed by atoms with Gasteiger partial charge in [0.2, 0.25) is 5.91 Å². The number of hydrogen-bond acceptors (Lipinski definition) is 4. The van der Waals surface area contributed by atoms with Gasteiger partial charge >= 0.3 is 0 Å². The highest BCUT2D eigenvalue weighted by molar-refractivity contribution is 7.99. The fraction of sp³-hybridized carbons (Fsp3) is 0.167. The molecule has 0 aliphatic heterocycles. The van der Waals surface area contributed by atoms with E-state index in [9.17, 15) is 4.79 Å². The number of carbonyl (C=O) groups is 1. The Kier molecular flexibility index (Phi) is 4.96. The van der Waals surface area contributed by atoms with Gasteiger partial charge in [0.25, 0.3) is 0 Å². The molecule has 0 radical (unpaired) electrons. The van der Waals surface area contributed by atoms with Gasteiger partial charge in [-0.2, -0.15) is 0 Å². The summed E-state index contributed by atoms with van der Waals surface area (Å²) in [7, 11) is 0. The molecule has 5 nitrogen and oxygen atoms in total. The number of amides is 1. The summed E-state index contributed by atoms with van der Waals surface area (Å²) in [4.78, 5) is 11.1. The summed E-state index contributed by atoms with van der Waals surface area (Å²) in [6.45, 7) is 2.69. The largest absolute Gasteiger partial charge is 0.369 e. The monoisotopic (exact) mass is 338 g/mol. The average Bonchev–Trinajstić information content (AvgIpc) is 2.97. The zero-order valence-corrected chi connectivity index (χ0v) is 14.2. The second-order valence-corrected chi connectivity index (χ2v) is 6.44. The Bertz CT molecular complexity index is 828. The van der Waals surface area contributed by atoms with E-state index in [1.165, 1.54) is 17.3 Å². The minimum Gasteiger partial charge on any atom is -0.369 e. The summed E-state index contributed by atoms with van der Waals surface area (Å²) in [6.07, 6.45) is 0. The van der Waals surface area contributed by atoms with Crippen molar-refractivity contribution in [3.8, 4) is 11.4 Å². The Balaban J connectivity index is 1.98. The summed E-state index contributed by atoms with van der Waals surface area (Å²) < 4.78 is 2.02. The van der Waals surface area contributed by atoms with Crippen molar-refractivity contribution in [2.75, 3.05) is 5.75 Å². The Morgan fingerprint density at radius 3 is 2.46 bits per heavy atom. The van der Waals surface area contributed by atoms with Gasteiger partial charge in [0.05, 0.1) is 12.3 Å². The highest BCUT2D eigenvalue weighted by atomic mass is 32.2. The van der Waals surface area contributed by atoms with Crippen LogP contribution in [0.2, 0.25) is 0 Å². The predicted octanol–water partition coefficient (Wildman–Crippen LogP) is 2.88. The first-order chi connectivity index (χ1) is 11.6. The molecule has 0 aliphatic carbocycles. The van der Waals surface area contributed by atoms with Gasteiger partial charge in [-0.15, -0.1) is 10.2 Å². The standard InChI is InChI=1S/C18H18N4OS/c1-13-7-9-15(10-8-13)17-20-21-18(24-12-16(19)23)22(17)11-14-5-3-2-4-6-14/h2-10H,11-12H2,1H3,(H2,19,23). The number of benzene rings is 2. The van der Waals surface area contributed by atoms with Gasteiger partial charge in [0, 0.05) is 5.56 Å². The van der Waals surface area contributed by atoms with Crippen molar-refractivity contribution >= 4 is 17.7 Å². The normalized spacial score (nSPS) is 10.7. The number of nitrogens with two attached hydrogens (primary N) is 1. The van der Waals surface area contributed by atoms with Crippen LogP contribution in [0.1, 0.15) is 11.1 Å². The molecule has 3 aromatic rings. The van der Waals surface area contributed by atoms with E-state index in [2.05, 4.69) is 22.3 Å². The summed E-state index contributed by atoms with van der Waals surface area (Å²) in [6, 6.07) is 18.3. The zero-order chi connectivity index (χ0) is 16.9. The average molecular weight is 338 g/mol. The Morgan fingerprint density at radius 2 is 1.79 bits per heavy atom. The molecule has 0 fully saturated rings. The molecule has 0 spiro atoms. The minimum atomic E-state index is -0.369. The molecule has 0 saturated carbocycles. The molecule has 0 atom stereocenters. The molecule has 2 N–H and O–H groups in total. The summed E-state index contributed by atoms with van der Waals surface area (Å²) >= 11 is 1.31. The molecule has 1 amide bonds. The lowest BCUT2D eigenvalue weighted by molar-refractivity contribution is -0.115. The second kappa shape index (κ2) is 7.31. The van der Waals surface area contributed by atoms with E-state index in [0.29, 0.717) is 11.7 Å². The molecule has 24 heavy (non-hydrogen) atoms. The van der Waals surface area contributed by atoms with Crippen molar-refractivity contribution < 1.29 is 4.79 Å². The van der Waals surface area contributed by atoms with Gasteiger partial charge in [0.15, 0.2) is 11.0 Å². The maximum Gasteiger partial charge on any atom is 0.227 e. The van der Waals surface area contributed by atoms with Gasteiger partial charge in [-0.3, -0.25) is 9.36 Å². The van der Waals surface area contributed by atoms with Crippen molar-refractivity contribution in [1.82, 2.24) is 14.8 Å². The first-order valence-electron chi connectivity index (χ1n) is 7.59. The van der Waals surface area contributed by atoms with Gasteiger partial charge < -0.3 is 5.73 Å². The number of aromatic nitrogens is 3. The number of rotatable bonds is 6. The van der Waals surface area contributed by atoms with E-state index in [-0.39, 0.29) is 11.7 Å². The Hall–Kier alpha value is -2.60. The van der Waals surface area contributed by atoms with Crippen LogP contribution >= 0.6 is 11.8 Å². The molecule has 6 heteroatoms. The first-order valence-corrected chi connectivity index (χ1v) is 8.57. The molecule has 0 aliphatic rings. The molecular weight excluding hydrogens is 320 g/mol. The first kappa shape index (κ1) is 16.3. The lowest BCUT2D eigenvalue weighted by atomic mass is 10.1. The molecule has 122 valence electrons. The van der Waals surface area contributed by atoms with Crippen LogP contribution in [0.3, 0.4) is 0 Å². The zero-order valence-electron chi connectivity index (χ0n) is 13.3. The van der Waals surface area contributed by atoms with E-state index in [1.54, 1.807) is 0 Å². The quantitative estimate of drug-likeness (QED) is 0.701. The summed E-state index contributed by atoms with van der Waals surface area (Å²) in [5.41, 5.74) is 8.59. The van der Waals surface area contributed by atoms with Crippen LogP contribution in [-0.2, 0) is 11.3 Å². The molecule has 2 aromatic carbocycles. The third-order valence-corrected chi connectivity index (χ3v) is 4.54. The van der Waals surface area contributed by atoms with E-state index in [1.807, 2.05) is 54.0 Å². The minimum absolute atomic E-state index is 0.181. The molecule has 1 heterocycles. The van der Waals surface area contributed by atoms with Crippen LogP contribution in [0.4, 0.5) is 0 Å². The third kappa shape index (κ3) is 3.83. The topological polar surface area (TPSA) is 73.8 Å². The van der Waals surface area contributed by atoms with Crippen molar-refractivity contribution in [2.45, 2.75) is 18.6 Å². The maximum atomic E-state index is 11.1. The fourth-order valence-electron chi connectivity index (χ4n) is 2.36. The number of thioether (sulfide) groups is 1. The Labute approximate surface area is 144 Å². The van der Waals surface area contributed by atoms with E-state index < -0.39 is 0 Å². The number of primary amides is 1. The second-order valence-electron chi connectivity index (χ2n) is 5.50. The van der Waals surface area contributed by atoms with Gasteiger partial charge in [-0.25, -0.2) is 0 Å². The van der Waals surface area contributed by atoms with E-state index in [4.69, 9.17) is 5.73 Å². The van der Waals surface area contributed by atoms with Crippen LogP contribution in [0.25, 0.3) is 11.4 Å². The highest BCUT2D eigenvalue weighted by Crippen LogP contribution is 2.25. The molecular formula is C18H18N4OS. The van der Waals surface area contributed by atoms with Crippen LogP contribution in [0, 0.1) is 6.92 Å². The molecule has 0 saturated heterocycles. The maximum absolute atomic E-state index is 11.1. The number of hydrogen-bond donors (Lipinski definition) is 1. The SMILES string of the molecule is Cc1ccc(-c2nnc(SCC(N)=O)n2Cc2ccccc2)cc1. The van der Waals surface area contributed by atoms with Crippen molar-refractivity contribution in [3.63, 3.8) is 0 Å². The van der Waals surface area contributed by atoms with Gasteiger partial charge in [-0.1, -0.05) is 71.9 Å². The fourth-order valence-corrected chi connectivity index (χ4v) is 3.03. The summed E-state index contributed by atoms with van der Waals surface area (Å²) in [5.74, 6) is 0.595.